The molecule has 0 spiro atoms. The lowest BCUT2D eigenvalue weighted by Gasteiger charge is -2.26. The fourth-order valence-electron chi connectivity index (χ4n) is 2.65. The topological polar surface area (TPSA) is 137 Å². The molecule has 0 saturated heterocycles. The highest BCUT2D eigenvalue weighted by atomic mass is 16.6. The van der Waals surface area contributed by atoms with Crippen molar-refractivity contribution in [1.82, 2.24) is 10.6 Å². The summed E-state index contributed by atoms with van der Waals surface area (Å²) < 4.78 is 10.1. The Morgan fingerprint density at radius 1 is 1.26 bits per heavy atom. The fourth-order valence-corrected chi connectivity index (χ4v) is 2.65. The van der Waals surface area contributed by atoms with Crippen LogP contribution in [-0.4, -0.2) is 42.1 Å². The van der Waals surface area contributed by atoms with Crippen molar-refractivity contribution in [2.24, 2.45) is 0 Å². The minimum atomic E-state index is -0.813. The first-order valence-corrected chi connectivity index (χ1v) is 8.15. The molecule has 0 saturated carbocycles. The van der Waals surface area contributed by atoms with E-state index in [2.05, 4.69) is 10.6 Å². The second-order valence-corrected chi connectivity index (χ2v) is 5.72. The van der Waals surface area contributed by atoms with Crippen LogP contribution in [-0.2, 0) is 14.3 Å². The highest BCUT2D eigenvalue weighted by Gasteiger charge is 2.30. The van der Waals surface area contributed by atoms with E-state index in [0.717, 1.165) is 0 Å². The molecule has 2 rings (SSSR count). The van der Waals surface area contributed by atoms with Crippen molar-refractivity contribution in [2.75, 3.05) is 13.2 Å². The summed E-state index contributed by atoms with van der Waals surface area (Å²) in [6, 6.07) is 2.87. The number of hydrogen-bond donors (Lipinski definition) is 2. The monoisotopic (exact) mass is 377 g/mol. The number of nitrogens with zero attached hydrogens (tertiary/aromatic N) is 1. The van der Waals surface area contributed by atoms with Crippen molar-refractivity contribution in [3.05, 3.63) is 50.7 Å². The van der Waals surface area contributed by atoms with E-state index in [4.69, 9.17) is 9.47 Å². The summed E-state index contributed by atoms with van der Waals surface area (Å²) in [5, 5.41) is 15.9. The molecule has 2 N–H and O–H groups in total. The number of benzene rings is 1. The van der Waals surface area contributed by atoms with Crippen LogP contribution in [0.25, 0.3) is 0 Å². The molecule has 2 amide bonds. The number of nitrogens with one attached hydrogen (secondary N) is 2. The van der Waals surface area contributed by atoms with Gasteiger partial charge >= 0.3 is 18.0 Å². The first kappa shape index (κ1) is 19.9. The van der Waals surface area contributed by atoms with Gasteiger partial charge in [0.15, 0.2) is 0 Å². The molecule has 144 valence electrons. The van der Waals surface area contributed by atoms with E-state index >= 15 is 0 Å². The van der Waals surface area contributed by atoms with E-state index in [0.29, 0.717) is 0 Å². The molecule has 0 bridgehead atoms. The van der Waals surface area contributed by atoms with Crippen molar-refractivity contribution < 1.29 is 28.8 Å². The molecule has 1 aromatic carbocycles. The zero-order valence-corrected chi connectivity index (χ0v) is 15.0. The van der Waals surface area contributed by atoms with E-state index in [9.17, 15) is 24.5 Å². The second kappa shape index (κ2) is 8.30. The molecule has 10 nitrogen and oxygen atoms in total. The number of carbonyl (C=O) groups is 3. The number of ether oxygens (including phenoxy) is 2. The van der Waals surface area contributed by atoms with Gasteiger partial charge in [-0.2, -0.15) is 0 Å². The first-order chi connectivity index (χ1) is 12.8. The minimum absolute atomic E-state index is 0.0239. The number of urea groups is 1. The van der Waals surface area contributed by atoms with E-state index in [1.165, 1.54) is 25.1 Å². The van der Waals surface area contributed by atoms with Crippen LogP contribution < -0.4 is 10.6 Å². The molecule has 10 heteroatoms. The maximum atomic E-state index is 12.3. The third kappa shape index (κ3) is 4.40. The molecule has 1 atom stereocenters. The van der Waals surface area contributed by atoms with Crippen LogP contribution in [0, 0.1) is 17.0 Å². The van der Waals surface area contributed by atoms with Crippen molar-refractivity contribution in [3.63, 3.8) is 0 Å². The Balaban J connectivity index is 2.24. The normalized spacial score (nSPS) is 16.3. The number of nitro groups is 1. The summed E-state index contributed by atoms with van der Waals surface area (Å²) in [4.78, 5) is 46.5. The van der Waals surface area contributed by atoms with Gasteiger partial charge in [-0.05, 0) is 26.8 Å². The number of nitro benzene ring substituents is 1. The molecule has 0 aliphatic carbocycles. The summed E-state index contributed by atoms with van der Waals surface area (Å²) in [6.45, 7) is 4.42. The Morgan fingerprint density at radius 2 is 1.96 bits per heavy atom. The molecule has 0 radical (unpaired) electrons. The SMILES string of the molecule is CCOC(=O)C1=C(COC(=O)c2cccc([N+](=O)[O-])c2C)NC(=O)NC1C. The minimum Gasteiger partial charge on any atom is -0.463 e. The molecule has 1 unspecified atom stereocenters. The van der Waals surface area contributed by atoms with Gasteiger partial charge in [-0.1, -0.05) is 6.07 Å². The van der Waals surface area contributed by atoms with E-state index in [1.807, 2.05) is 0 Å². The predicted octanol–water partition coefficient (Wildman–Crippen LogP) is 1.58. The van der Waals surface area contributed by atoms with Crippen molar-refractivity contribution in [3.8, 4) is 0 Å². The van der Waals surface area contributed by atoms with Gasteiger partial charge in [-0.3, -0.25) is 10.1 Å². The lowest BCUT2D eigenvalue weighted by molar-refractivity contribution is -0.385. The summed E-state index contributed by atoms with van der Waals surface area (Å²) >= 11 is 0. The van der Waals surface area contributed by atoms with Crippen LogP contribution in [0.2, 0.25) is 0 Å². The zero-order valence-electron chi connectivity index (χ0n) is 15.0. The molecule has 27 heavy (non-hydrogen) atoms. The third-order valence-electron chi connectivity index (χ3n) is 3.93. The Kier molecular flexibility index (Phi) is 6.11. The summed E-state index contributed by atoms with van der Waals surface area (Å²) in [5.41, 5.74) is 0.214. The van der Waals surface area contributed by atoms with E-state index in [-0.39, 0.29) is 34.7 Å². The first-order valence-electron chi connectivity index (χ1n) is 8.15. The zero-order chi connectivity index (χ0) is 20.1. The average Bonchev–Trinajstić information content (AvgIpc) is 2.59. The average molecular weight is 377 g/mol. The molecule has 1 aliphatic heterocycles. The molecular formula is C17H19N3O7. The number of hydrogen-bond acceptors (Lipinski definition) is 7. The Morgan fingerprint density at radius 3 is 2.59 bits per heavy atom. The van der Waals surface area contributed by atoms with Crippen molar-refractivity contribution in [1.29, 1.82) is 0 Å². The number of amides is 2. The van der Waals surface area contributed by atoms with Gasteiger partial charge < -0.3 is 20.1 Å². The van der Waals surface area contributed by atoms with Gasteiger partial charge in [0.1, 0.15) is 6.61 Å². The largest absolute Gasteiger partial charge is 0.463 e. The summed E-state index contributed by atoms with van der Waals surface area (Å²) in [7, 11) is 0. The quantitative estimate of drug-likeness (QED) is 0.436. The molecular weight excluding hydrogens is 358 g/mol. The summed E-state index contributed by atoms with van der Waals surface area (Å²) in [6.07, 6.45) is 0. The van der Waals surface area contributed by atoms with Gasteiger partial charge in [-0.25, -0.2) is 14.4 Å². The number of esters is 2. The third-order valence-corrected chi connectivity index (χ3v) is 3.93. The highest BCUT2D eigenvalue weighted by Crippen LogP contribution is 2.22. The maximum absolute atomic E-state index is 12.3. The number of rotatable bonds is 6. The van der Waals surface area contributed by atoms with Gasteiger partial charge in [0.05, 0.1) is 34.4 Å². The molecule has 1 heterocycles. The molecule has 0 aromatic heterocycles. The van der Waals surface area contributed by atoms with E-state index in [1.54, 1.807) is 13.8 Å². The van der Waals surface area contributed by atoms with Gasteiger partial charge in [0.2, 0.25) is 0 Å². The standard InChI is InChI=1S/C17H19N3O7/c1-4-26-16(22)14-10(3)18-17(23)19-12(14)8-27-15(21)11-6-5-7-13(9(11)2)20(24)25/h5-7,10H,4,8H2,1-3H3,(H2,18,19,23). The summed E-state index contributed by atoms with van der Waals surface area (Å²) in [5.74, 6) is -1.46. The Labute approximate surface area is 154 Å². The second-order valence-electron chi connectivity index (χ2n) is 5.72. The molecule has 1 aliphatic rings. The van der Waals surface area contributed by atoms with Crippen LogP contribution >= 0.6 is 0 Å². The van der Waals surface area contributed by atoms with E-state index < -0.39 is 35.5 Å². The Bertz CT molecular complexity index is 832. The number of carbonyl (C=O) groups excluding carboxylic acids is 3. The smallest absolute Gasteiger partial charge is 0.339 e. The molecule has 0 fully saturated rings. The van der Waals surface area contributed by atoms with Crippen LogP contribution in [0.3, 0.4) is 0 Å². The Hall–Kier alpha value is -3.43. The van der Waals surface area contributed by atoms with Crippen LogP contribution in [0.15, 0.2) is 29.5 Å². The maximum Gasteiger partial charge on any atom is 0.339 e. The molecule has 1 aromatic rings. The van der Waals surface area contributed by atoms with Crippen molar-refractivity contribution >= 4 is 23.7 Å². The highest BCUT2D eigenvalue weighted by molar-refractivity contribution is 5.95. The van der Waals surface area contributed by atoms with Crippen LogP contribution in [0.4, 0.5) is 10.5 Å². The van der Waals surface area contributed by atoms with Crippen LogP contribution in [0.5, 0.6) is 0 Å². The lowest BCUT2D eigenvalue weighted by atomic mass is 10.0. The lowest BCUT2D eigenvalue weighted by Crippen LogP contribution is -2.50. The predicted molar refractivity (Wildman–Crippen MR) is 92.9 cm³/mol. The van der Waals surface area contributed by atoms with Gasteiger partial charge in [0.25, 0.3) is 5.69 Å². The van der Waals surface area contributed by atoms with Crippen LogP contribution in [0.1, 0.15) is 29.8 Å². The van der Waals surface area contributed by atoms with Gasteiger partial charge in [0, 0.05) is 11.6 Å². The van der Waals surface area contributed by atoms with Crippen molar-refractivity contribution in [2.45, 2.75) is 26.8 Å². The van der Waals surface area contributed by atoms with Gasteiger partial charge in [-0.15, -0.1) is 0 Å². The fraction of sp³-hybridized carbons (Fsp3) is 0.353.